The van der Waals surface area contributed by atoms with Crippen molar-refractivity contribution in [2.24, 2.45) is 5.92 Å². The van der Waals surface area contributed by atoms with Crippen molar-refractivity contribution >= 4 is 24.6 Å². The van der Waals surface area contributed by atoms with Gasteiger partial charge in [0.15, 0.2) is 11.5 Å². The molecule has 2 heterocycles. The van der Waals surface area contributed by atoms with Gasteiger partial charge in [-0.3, -0.25) is 4.57 Å². The van der Waals surface area contributed by atoms with Crippen molar-refractivity contribution in [3.8, 4) is 0 Å². The van der Waals surface area contributed by atoms with E-state index in [0.717, 1.165) is 6.54 Å². The number of aromatic nitrogens is 4. The van der Waals surface area contributed by atoms with E-state index in [1.807, 2.05) is 0 Å². The molecule has 0 saturated carbocycles. The highest BCUT2D eigenvalue weighted by Crippen LogP contribution is 2.33. The van der Waals surface area contributed by atoms with E-state index in [1.54, 1.807) is 10.9 Å². The molecule has 2 aromatic heterocycles. The van der Waals surface area contributed by atoms with Crippen molar-refractivity contribution in [1.29, 1.82) is 0 Å². The second kappa shape index (κ2) is 7.15. The summed E-state index contributed by atoms with van der Waals surface area (Å²) < 4.78 is 17.4. The largest absolute Gasteiger partial charge is 0.368 e. The molecule has 0 saturated heterocycles. The summed E-state index contributed by atoms with van der Waals surface area (Å²) >= 11 is 0. The van der Waals surface area contributed by atoms with Crippen LogP contribution in [0.1, 0.15) is 13.8 Å². The number of nitrogens with zero attached hydrogens (tertiary/aromatic N) is 4. The van der Waals surface area contributed by atoms with E-state index in [4.69, 9.17) is 14.5 Å². The summed E-state index contributed by atoms with van der Waals surface area (Å²) in [4.78, 5) is 30.1. The van der Waals surface area contributed by atoms with Crippen LogP contribution >= 0.6 is 7.60 Å². The van der Waals surface area contributed by atoms with Crippen LogP contribution in [0, 0.1) is 5.92 Å². The smallest absolute Gasteiger partial charge is 0.350 e. The Balaban J connectivity index is 2.03. The van der Waals surface area contributed by atoms with Gasteiger partial charge in [0.1, 0.15) is 18.2 Å². The van der Waals surface area contributed by atoms with Gasteiger partial charge < -0.3 is 24.4 Å². The van der Waals surface area contributed by atoms with Crippen LogP contribution in [0.5, 0.6) is 0 Å². The van der Waals surface area contributed by atoms with Gasteiger partial charge in [0.05, 0.1) is 12.9 Å². The fourth-order valence-corrected chi connectivity index (χ4v) is 2.19. The molecule has 0 fully saturated rings. The molecular formula is C12H20N5O4P. The number of fused-ring (bicyclic) bond motifs is 1. The Labute approximate surface area is 127 Å². The van der Waals surface area contributed by atoms with Gasteiger partial charge in [0.2, 0.25) is 0 Å². The quantitative estimate of drug-likeness (QED) is 0.485. The normalized spacial score (nSPS) is 12.2. The minimum absolute atomic E-state index is 0.162. The number of anilines is 1. The summed E-state index contributed by atoms with van der Waals surface area (Å²) in [6.07, 6.45) is 2.48. The molecule has 22 heavy (non-hydrogen) atoms. The molecule has 0 spiro atoms. The fourth-order valence-electron chi connectivity index (χ4n) is 1.82. The molecular weight excluding hydrogens is 309 g/mol. The van der Waals surface area contributed by atoms with Gasteiger partial charge in [0.25, 0.3) is 0 Å². The maximum absolute atomic E-state index is 10.7. The molecule has 122 valence electrons. The third-order valence-corrected chi connectivity index (χ3v) is 3.33. The van der Waals surface area contributed by atoms with Gasteiger partial charge in [-0.25, -0.2) is 15.0 Å². The Morgan fingerprint density at radius 2 is 2.14 bits per heavy atom. The molecule has 10 heteroatoms. The van der Waals surface area contributed by atoms with Crippen molar-refractivity contribution in [2.45, 2.75) is 20.4 Å². The number of nitrogens with one attached hydrogen (secondary N) is 1. The first-order valence-corrected chi connectivity index (χ1v) is 8.68. The van der Waals surface area contributed by atoms with E-state index < -0.39 is 13.9 Å². The number of ether oxygens (including phenoxy) is 1. The number of imidazole rings is 1. The molecule has 0 radical (unpaired) electrons. The van der Waals surface area contributed by atoms with Crippen molar-refractivity contribution < 1.29 is 19.1 Å². The monoisotopic (exact) mass is 329 g/mol. The van der Waals surface area contributed by atoms with E-state index >= 15 is 0 Å². The van der Waals surface area contributed by atoms with Gasteiger partial charge in [-0.2, -0.15) is 0 Å². The number of hydrogen-bond donors (Lipinski definition) is 3. The Morgan fingerprint density at radius 1 is 1.36 bits per heavy atom. The first-order valence-electron chi connectivity index (χ1n) is 6.89. The molecule has 0 aliphatic carbocycles. The highest BCUT2D eigenvalue weighted by Gasteiger charge is 2.13. The topological polar surface area (TPSA) is 122 Å². The van der Waals surface area contributed by atoms with Gasteiger partial charge in [-0.05, 0) is 5.92 Å². The summed E-state index contributed by atoms with van der Waals surface area (Å²) in [5, 5.41) is 3.23. The molecule has 0 aliphatic rings. The minimum atomic E-state index is -4.13. The molecule has 0 aliphatic heterocycles. The summed E-state index contributed by atoms with van der Waals surface area (Å²) in [5.74, 6) is 1.15. The lowest BCUT2D eigenvalue weighted by atomic mass is 10.2. The molecule has 2 aromatic rings. The van der Waals surface area contributed by atoms with Crippen molar-refractivity contribution in [1.82, 2.24) is 19.5 Å². The standard InChI is InChI=1S/C12H20N5O4P/c1-9(2)5-13-11-10-12(15-6-14-11)17(7-16-10)3-4-21-8-22(18,19)20/h6-7,9H,3-5,8H2,1-2H3,(H,13,14,15)(H2,18,19,20). The van der Waals surface area contributed by atoms with Crippen LogP contribution in [0.3, 0.4) is 0 Å². The maximum atomic E-state index is 10.7. The van der Waals surface area contributed by atoms with Crippen molar-refractivity contribution in [3.05, 3.63) is 12.7 Å². The highest BCUT2D eigenvalue weighted by atomic mass is 31.2. The molecule has 9 nitrogen and oxygen atoms in total. The number of hydrogen-bond acceptors (Lipinski definition) is 6. The van der Waals surface area contributed by atoms with Crippen molar-refractivity contribution in [3.63, 3.8) is 0 Å². The maximum Gasteiger partial charge on any atom is 0.350 e. The minimum Gasteiger partial charge on any atom is -0.368 e. The van der Waals surface area contributed by atoms with Gasteiger partial charge in [0, 0.05) is 13.1 Å². The van der Waals surface area contributed by atoms with E-state index in [1.165, 1.54) is 6.33 Å². The van der Waals surface area contributed by atoms with Crippen molar-refractivity contribution in [2.75, 3.05) is 24.8 Å². The first kappa shape index (κ1) is 16.8. The lowest BCUT2D eigenvalue weighted by molar-refractivity contribution is 0.149. The van der Waals surface area contributed by atoms with Crippen LogP contribution in [0.15, 0.2) is 12.7 Å². The molecule has 0 aromatic carbocycles. The SMILES string of the molecule is CC(C)CNc1ncnc2c1ncn2CCOCP(=O)(O)O. The Bertz CT molecular complexity index is 669. The van der Waals surface area contributed by atoms with Gasteiger partial charge >= 0.3 is 7.60 Å². The Morgan fingerprint density at radius 3 is 2.82 bits per heavy atom. The molecule has 3 N–H and O–H groups in total. The zero-order valence-corrected chi connectivity index (χ0v) is 13.4. The Kier molecular flexibility index (Phi) is 5.47. The first-order chi connectivity index (χ1) is 10.4. The van der Waals surface area contributed by atoms with E-state index in [9.17, 15) is 4.57 Å². The Hall–Kier alpha value is -1.54. The third kappa shape index (κ3) is 4.74. The fraction of sp³-hybridized carbons (Fsp3) is 0.583. The summed E-state index contributed by atoms with van der Waals surface area (Å²) in [6, 6.07) is 0. The predicted molar refractivity (Wildman–Crippen MR) is 81.5 cm³/mol. The third-order valence-electron chi connectivity index (χ3n) is 2.81. The zero-order chi connectivity index (χ0) is 16.2. The van der Waals surface area contributed by atoms with E-state index in [-0.39, 0.29) is 6.61 Å². The zero-order valence-electron chi connectivity index (χ0n) is 12.5. The second-order valence-corrected chi connectivity index (χ2v) is 6.90. The van der Waals surface area contributed by atoms with Crippen LogP contribution in [0.25, 0.3) is 11.2 Å². The predicted octanol–water partition coefficient (Wildman–Crippen LogP) is 1.05. The van der Waals surface area contributed by atoms with Crippen LogP contribution < -0.4 is 5.32 Å². The summed E-state index contributed by atoms with van der Waals surface area (Å²) in [5.41, 5.74) is 1.32. The molecule has 0 amide bonds. The average molecular weight is 329 g/mol. The summed E-state index contributed by atoms with van der Waals surface area (Å²) in [7, 11) is -4.13. The lowest BCUT2D eigenvalue weighted by Gasteiger charge is -2.09. The number of rotatable bonds is 8. The lowest BCUT2D eigenvalue weighted by Crippen LogP contribution is -2.10. The van der Waals surface area contributed by atoms with Gasteiger partial charge in [-0.1, -0.05) is 13.8 Å². The van der Waals surface area contributed by atoms with Crippen LogP contribution in [-0.4, -0.2) is 48.8 Å². The second-order valence-electron chi connectivity index (χ2n) is 5.31. The van der Waals surface area contributed by atoms with Crippen LogP contribution in [-0.2, 0) is 15.8 Å². The summed E-state index contributed by atoms with van der Waals surface area (Å²) in [6.45, 7) is 5.54. The van der Waals surface area contributed by atoms with Crippen LogP contribution in [0.2, 0.25) is 0 Å². The molecule has 0 bridgehead atoms. The van der Waals surface area contributed by atoms with E-state index in [2.05, 4.69) is 34.1 Å². The molecule has 2 rings (SSSR count). The highest BCUT2D eigenvalue weighted by molar-refractivity contribution is 7.51. The average Bonchev–Trinajstić information content (AvgIpc) is 2.84. The van der Waals surface area contributed by atoms with E-state index in [0.29, 0.717) is 29.4 Å². The van der Waals surface area contributed by atoms with Crippen LogP contribution in [0.4, 0.5) is 5.82 Å². The molecule has 0 unspecified atom stereocenters. The molecule has 0 atom stereocenters. The van der Waals surface area contributed by atoms with Gasteiger partial charge in [-0.15, -0.1) is 0 Å².